The van der Waals surface area contributed by atoms with Gasteiger partial charge in [-0.1, -0.05) is 13.8 Å². The summed E-state index contributed by atoms with van der Waals surface area (Å²) in [7, 11) is 0. The molecule has 3 nitrogen and oxygen atoms in total. The molecule has 0 amide bonds. The van der Waals surface area contributed by atoms with Crippen molar-refractivity contribution >= 4 is 0 Å². The van der Waals surface area contributed by atoms with E-state index in [-0.39, 0.29) is 6.61 Å². The molecule has 0 spiro atoms. The van der Waals surface area contributed by atoms with Gasteiger partial charge in [0.15, 0.2) is 0 Å². The standard InChI is InChI=1S/C9H20O3/c1-8(2,7(11)5-10)6-9(3,4)12/h7,10-12H,5-6H2,1-4H3. The van der Waals surface area contributed by atoms with Crippen LogP contribution in [0.25, 0.3) is 0 Å². The summed E-state index contributed by atoms with van der Waals surface area (Å²) >= 11 is 0. The van der Waals surface area contributed by atoms with Gasteiger partial charge in [0, 0.05) is 0 Å². The van der Waals surface area contributed by atoms with Crippen LogP contribution in [0.1, 0.15) is 34.1 Å². The van der Waals surface area contributed by atoms with Crippen molar-refractivity contribution in [3.05, 3.63) is 0 Å². The van der Waals surface area contributed by atoms with E-state index in [0.717, 1.165) is 0 Å². The highest BCUT2D eigenvalue weighted by atomic mass is 16.3. The molecule has 0 aliphatic rings. The summed E-state index contributed by atoms with van der Waals surface area (Å²) in [6.07, 6.45) is -0.314. The number of hydrogen-bond acceptors (Lipinski definition) is 3. The van der Waals surface area contributed by atoms with Crippen LogP contribution in [0.4, 0.5) is 0 Å². The van der Waals surface area contributed by atoms with Gasteiger partial charge in [-0.25, -0.2) is 0 Å². The Kier molecular flexibility index (Phi) is 3.69. The molecule has 0 aliphatic heterocycles. The third-order valence-corrected chi connectivity index (χ3v) is 1.96. The monoisotopic (exact) mass is 176 g/mol. The molecule has 3 N–H and O–H groups in total. The highest BCUT2D eigenvalue weighted by Crippen LogP contribution is 2.30. The molecule has 0 fully saturated rings. The number of aliphatic hydroxyl groups excluding tert-OH is 2. The van der Waals surface area contributed by atoms with Crippen LogP contribution in [0, 0.1) is 5.41 Å². The van der Waals surface area contributed by atoms with E-state index >= 15 is 0 Å². The summed E-state index contributed by atoms with van der Waals surface area (Å²) in [5, 5.41) is 27.6. The highest BCUT2D eigenvalue weighted by molar-refractivity contribution is 4.83. The first-order valence-electron chi connectivity index (χ1n) is 4.20. The van der Waals surface area contributed by atoms with Gasteiger partial charge >= 0.3 is 0 Å². The van der Waals surface area contributed by atoms with E-state index in [0.29, 0.717) is 6.42 Å². The molecule has 0 aromatic heterocycles. The van der Waals surface area contributed by atoms with E-state index in [2.05, 4.69) is 0 Å². The van der Waals surface area contributed by atoms with Gasteiger partial charge < -0.3 is 15.3 Å². The number of hydrogen-bond donors (Lipinski definition) is 3. The fourth-order valence-electron chi connectivity index (χ4n) is 1.48. The van der Waals surface area contributed by atoms with E-state index < -0.39 is 17.1 Å². The summed E-state index contributed by atoms with van der Waals surface area (Å²) < 4.78 is 0. The van der Waals surface area contributed by atoms with Crippen molar-refractivity contribution in [1.29, 1.82) is 0 Å². The first kappa shape index (κ1) is 11.9. The minimum Gasteiger partial charge on any atom is -0.394 e. The molecule has 0 saturated carbocycles. The molecule has 0 radical (unpaired) electrons. The fourth-order valence-corrected chi connectivity index (χ4v) is 1.48. The predicted molar refractivity (Wildman–Crippen MR) is 47.8 cm³/mol. The van der Waals surface area contributed by atoms with Crippen LogP contribution >= 0.6 is 0 Å². The van der Waals surface area contributed by atoms with Crippen LogP contribution in [-0.2, 0) is 0 Å². The van der Waals surface area contributed by atoms with E-state index in [1.165, 1.54) is 0 Å². The minimum absolute atomic E-state index is 0.261. The highest BCUT2D eigenvalue weighted by Gasteiger charge is 2.32. The molecule has 1 unspecified atom stereocenters. The van der Waals surface area contributed by atoms with E-state index in [4.69, 9.17) is 5.11 Å². The summed E-state index contributed by atoms with van der Waals surface area (Å²) in [4.78, 5) is 0. The zero-order chi connectivity index (χ0) is 9.99. The average molecular weight is 176 g/mol. The fraction of sp³-hybridized carbons (Fsp3) is 1.00. The van der Waals surface area contributed by atoms with Gasteiger partial charge in [0.1, 0.15) is 0 Å². The van der Waals surface area contributed by atoms with Crippen LogP contribution in [0.2, 0.25) is 0 Å². The molecular weight excluding hydrogens is 156 g/mol. The van der Waals surface area contributed by atoms with E-state index in [1.807, 2.05) is 13.8 Å². The zero-order valence-corrected chi connectivity index (χ0v) is 8.33. The maximum atomic E-state index is 9.50. The lowest BCUT2D eigenvalue weighted by molar-refractivity contribution is -0.0476. The number of rotatable bonds is 4. The van der Waals surface area contributed by atoms with Crippen molar-refractivity contribution < 1.29 is 15.3 Å². The lowest BCUT2D eigenvalue weighted by Gasteiger charge is -2.34. The largest absolute Gasteiger partial charge is 0.394 e. The summed E-state index contributed by atoms with van der Waals surface area (Å²) in [5.41, 5.74) is -1.26. The third-order valence-electron chi connectivity index (χ3n) is 1.96. The maximum Gasteiger partial charge on any atom is 0.0822 e. The Bertz CT molecular complexity index is 135. The normalized spacial score (nSPS) is 16.2. The van der Waals surface area contributed by atoms with Crippen molar-refractivity contribution in [2.75, 3.05) is 6.61 Å². The molecule has 0 heterocycles. The van der Waals surface area contributed by atoms with Crippen LogP contribution in [0.3, 0.4) is 0 Å². The second-order valence-corrected chi connectivity index (χ2v) is 4.68. The average Bonchev–Trinajstić information content (AvgIpc) is 1.80. The van der Waals surface area contributed by atoms with Gasteiger partial charge in [-0.2, -0.15) is 0 Å². The van der Waals surface area contributed by atoms with Crippen LogP contribution in [0.5, 0.6) is 0 Å². The van der Waals surface area contributed by atoms with Crippen molar-refractivity contribution in [2.45, 2.75) is 45.8 Å². The number of aliphatic hydroxyl groups is 3. The van der Waals surface area contributed by atoms with Crippen LogP contribution in [0.15, 0.2) is 0 Å². The Morgan fingerprint density at radius 2 is 1.58 bits per heavy atom. The topological polar surface area (TPSA) is 60.7 Å². The van der Waals surface area contributed by atoms with E-state index in [1.54, 1.807) is 13.8 Å². The van der Waals surface area contributed by atoms with Crippen LogP contribution < -0.4 is 0 Å². The summed E-state index contributed by atoms with van der Waals surface area (Å²) in [6.45, 7) is 6.78. The second-order valence-electron chi connectivity index (χ2n) is 4.68. The SMILES string of the molecule is CC(C)(O)CC(C)(C)C(O)CO. The Morgan fingerprint density at radius 3 is 1.83 bits per heavy atom. The lowest BCUT2D eigenvalue weighted by Crippen LogP contribution is -2.38. The Morgan fingerprint density at radius 1 is 1.17 bits per heavy atom. The summed E-state index contributed by atoms with van der Waals surface area (Å²) in [6, 6.07) is 0. The van der Waals surface area contributed by atoms with Crippen molar-refractivity contribution in [3.63, 3.8) is 0 Å². The molecule has 0 saturated heterocycles. The molecule has 0 bridgehead atoms. The molecule has 0 rings (SSSR count). The summed E-state index contributed by atoms with van der Waals surface area (Å²) in [5.74, 6) is 0. The quantitative estimate of drug-likeness (QED) is 0.585. The predicted octanol–water partition coefficient (Wildman–Crippen LogP) is 0.527. The zero-order valence-electron chi connectivity index (χ0n) is 8.33. The first-order chi connectivity index (χ1) is 5.19. The molecule has 0 aromatic carbocycles. The van der Waals surface area contributed by atoms with Gasteiger partial charge in [0.05, 0.1) is 18.3 Å². The second kappa shape index (κ2) is 3.73. The van der Waals surface area contributed by atoms with Gasteiger partial charge in [-0.05, 0) is 25.7 Å². The van der Waals surface area contributed by atoms with Gasteiger partial charge in [-0.3, -0.25) is 0 Å². The Hall–Kier alpha value is -0.120. The molecule has 12 heavy (non-hydrogen) atoms. The van der Waals surface area contributed by atoms with Crippen molar-refractivity contribution in [3.8, 4) is 0 Å². The van der Waals surface area contributed by atoms with Crippen molar-refractivity contribution in [2.24, 2.45) is 5.41 Å². The Balaban J connectivity index is 4.22. The van der Waals surface area contributed by atoms with E-state index in [9.17, 15) is 10.2 Å². The Labute approximate surface area is 74.0 Å². The molecule has 0 aromatic rings. The molecule has 3 heteroatoms. The molecule has 0 aliphatic carbocycles. The molecular formula is C9H20O3. The van der Waals surface area contributed by atoms with Gasteiger partial charge in [-0.15, -0.1) is 0 Å². The van der Waals surface area contributed by atoms with Crippen LogP contribution in [-0.4, -0.2) is 33.6 Å². The van der Waals surface area contributed by atoms with Gasteiger partial charge in [0.2, 0.25) is 0 Å². The third kappa shape index (κ3) is 4.04. The molecule has 74 valence electrons. The molecule has 1 atom stereocenters. The van der Waals surface area contributed by atoms with Gasteiger partial charge in [0.25, 0.3) is 0 Å². The first-order valence-corrected chi connectivity index (χ1v) is 4.20. The van der Waals surface area contributed by atoms with Crippen molar-refractivity contribution in [1.82, 2.24) is 0 Å². The lowest BCUT2D eigenvalue weighted by atomic mass is 9.77. The maximum absolute atomic E-state index is 9.50. The minimum atomic E-state index is -0.806. The smallest absolute Gasteiger partial charge is 0.0822 e.